The minimum atomic E-state index is 0. The van der Waals surface area contributed by atoms with Crippen molar-refractivity contribution < 1.29 is 0 Å². The number of unbranched alkanes of at least 4 members (excludes halogenated alkanes) is 1. The fraction of sp³-hybridized carbons (Fsp3) is 0.952. The fourth-order valence-corrected chi connectivity index (χ4v) is 4.15. The maximum absolute atomic E-state index is 4.88. The second-order valence-corrected chi connectivity index (χ2v) is 8.04. The summed E-state index contributed by atoms with van der Waals surface area (Å²) in [6, 6.07) is 0.582. The van der Waals surface area contributed by atoms with Crippen LogP contribution in [0.4, 0.5) is 0 Å². The van der Waals surface area contributed by atoms with Crippen LogP contribution in [0.3, 0.4) is 0 Å². The summed E-state index contributed by atoms with van der Waals surface area (Å²) in [6.45, 7) is 16.1. The van der Waals surface area contributed by atoms with Crippen LogP contribution in [0.5, 0.6) is 0 Å². The van der Waals surface area contributed by atoms with Gasteiger partial charge in [-0.05, 0) is 77.5 Å². The Morgan fingerprint density at radius 1 is 0.963 bits per heavy atom. The highest BCUT2D eigenvalue weighted by atomic mass is 127. The molecule has 0 aromatic carbocycles. The average Bonchev–Trinajstić information content (AvgIpc) is 2.68. The van der Waals surface area contributed by atoms with Gasteiger partial charge in [0.1, 0.15) is 0 Å². The van der Waals surface area contributed by atoms with Gasteiger partial charge >= 0.3 is 0 Å². The molecule has 160 valence electrons. The minimum Gasteiger partial charge on any atom is -0.357 e. The number of rotatable bonds is 9. The van der Waals surface area contributed by atoms with Crippen molar-refractivity contribution in [3.63, 3.8) is 0 Å². The van der Waals surface area contributed by atoms with Crippen molar-refractivity contribution in [2.75, 3.05) is 52.4 Å². The molecular weight excluding hydrogens is 449 g/mol. The van der Waals surface area contributed by atoms with Gasteiger partial charge in [0.15, 0.2) is 5.96 Å². The van der Waals surface area contributed by atoms with Crippen LogP contribution in [0.25, 0.3) is 0 Å². The molecule has 0 saturated carbocycles. The van der Waals surface area contributed by atoms with E-state index >= 15 is 0 Å². The second-order valence-electron chi connectivity index (χ2n) is 8.04. The number of piperidine rings is 2. The number of nitrogens with zero attached hydrogens (tertiary/aromatic N) is 3. The van der Waals surface area contributed by atoms with Crippen LogP contribution >= 0.6 is 24.0 Å². The van der Waals surface area contributed by atoms with Gasteiger partial charge in [0.25, 0.3) is 0 Å². The molecule has 0 amide bonds. The molecule has 0 aliphatic carbocycles. The zero-order chi connectivity index (χ0) is 18.6. The lowest BCUT2D eigenvalue weighted by Gasteiger charge is -2.33. The Kier molecular flexibility index (Phi) is 13.7. The van der Waals surface area contributed by atoms with Crippen molar-refractivity contribution in [3.05, 3.63) is 0 Å². The first-order chi connectivity index (χ1) is 12.7. The predicted octanol–water partition coefficient (Wildman–Crippen LogP) is 3.55. The van der Waals surface area contributed by atoms with E-state index in [0.717, 1.165) is 25.0 Å². The average molecular weight is 494 g/mol. The van der Waals surface area contributed by atoms with E-state index in [-0.39, 0.29) is 24.0 Å². The largest absolute Gasteiger partial charge is 0.357 e. The minimum absolute atomic E-state index is 0. The Bertz CT molecular complexity index is 388. The highest BCUT2D eigenvalue weighted by Gasteiger charge is 2.20. The highest BCUT2D eigenvalue weighted by Crippen LogP contribution is 2.20. The van der Waals surface area contributed by atoms with Crippen LogP contribution < -0.4 is 10.6 Å². The lowest BCUT2D eigenvalue weighted by atomic mass is 9.94. The molecule has 2 heterocycles. The van der Waals surface area contributed by atoms with Crippen LogP contribution in [0.15, 0.2) is 4.99 Å². The quantitative estimate of drug-likeness (QED) is 0.293. The highest BCUT2D eigenvalue weighted by molar-refractivity contribution is 14.0. The van der Waals surface area contributed by atoms with Crippen LogP contribution in [0.2, 0.25) is 0 Å². The van der Waals surface area contributed by atoms with E-state index in [1.54, 1.807) is 0 Å². The van der Waals surface area contributed by atoms with Crippen molar-refractivity contribution in [1.82, 2.24) is 20.4 Å². The van der Waals surface area contributed by atoms with Gasteiger partial charge in [0, 0.05) is 32.2 Å². The van der Waals surface area contributed by atoms with Crippen LogP contribution in [-0.4, -0.2) is 74.2 Å². The van der Waals surface area contributed by atoms with E-state index in [0.29, 0.717) is 6.04 Å². The molecule has 2 aliphatic rings. The maximum Gasteiger partial charge on any atom is 0.191 e. The Morgan fingerprint density at radius 3 is 2.22 bits per heavy atom. The summed E-state index contributed by atoms with van der Waals surface area (Å²) < 4.78 is 0. The summed E-state index contributed by atoms with van der Waals surface area (Å²) in [5, 5.41) is 7.14. The van der Waals surface area contributed by atoms with E-state index in [2.05, 4.69) is 41.2 Å². The third-order valence-electron chi connectivity index (χ3n) is 6.06. The number of hydrogen-bond acceptors (Lipinski definition) is 3. The van der Waals surface area contributed by atoms with Crippen molar-refractivity contribution in [1.29, 1.82) is 0 Å². The molecule has 2 N–H and O–H groups in total. The van der Waals surface area contributed by atoms with E-state index in [1.807, 2.05) is 0 Å². The number of hydrogen-bond donors (Lipinski definition) is 2. The van der Waals surface area contributed by atoms with Gasteiger partial charge in [-0.3, -0.25) is 4.99 Å². The molecule has 0 radical (unpaired) electrons. The van der Waals surface area contributed by atoms with Gasteiger partial charge in [0.2, 0.25) is 0 Å². The van der Waals surface area contributed by atoms with Crippen molar-refractivity contribution in [3.8, 4) is 0 Å². The lowest BCUT2D eigenvalue weighted by Crippen LogP contribution is -2.48. The number of halogens is 1. The summed E-state index contributed by atoms with van der Waals surface area (Å²) in [6.07, 6.45) is 9.05. The number of guanidine groups is 1. The van der Waals surface area contributed by atoms with Gasteiger partial charge in [-0.15, -0.1) is 24.0 Å². The SMILES string of the molecule is CCCCN1CCC(NC(=NCCC2CCN(CC)CC2)NCC)CC1.I. The zero-order valence-corrected chi connectivity index (χ0v) is 20.3. The molecule has 0 bridgehead atoms. The van der Waals surface area contributed by atoms with Crippen molar-refractivity contribution >= 4 is 29.9 Å². The van der Waals surface area contributed by atoms with Gasteiger partial charge in [-0.25, -0.2) is 0 Å². The Morgan fingerprint density at radius 2 is 1.63 bits per heavy atom. The first kappa shape index (κ1) is 25.0. The maximum atomic E-state index is 4.88. The van der Waals surface area contributed by atoms with E-state index in [1.165, 1.54) is 84.2 Å². The third-order valence-corrected chi connectivity index (χ3v) is 6.06. The molecule has 27 heavy (non-hydrogen) atoms. The Hall–Kier alpha value is -0.0800. The van der Waals surface area contributed by atoms with Gasteiger partial charge < -0.3 is 20.4 Å². The molecule has 2 fully saturated rings. The first-order valence-corrected chi connectivity index (χ1v) is 11.2. The van der Waals surface area contributed by atoms with Crippen molar-refractivity contribution in [2.24, 2.45) is 10.9 Å². The van der Waals surface area contributed by atoms with E-state index < -0.39 is 0 Å². The van der Waals surface area contributed by atoms with Gasteiger partial charge in [-0.2, -0.15) is 0 Å². The molecule has 5 nitrogen and oxygen atoms in total. The van der Waals surface area contributed by atoms with E-state index in [9.17, 15) is 0 Å². The van der Waals surface area contributed by atoms with Gasteiger partial charge in [-0.1, -0.05) is 20.3 Å². The molecule has 0 aromatic heterocycles. The molecule has 0 unspecified atom stereocenters. The summed E-state index contributed by atoms with van der Waals surface area (Å²) >= 11 is 0. The summed E-state index contributed by atoms with van der Waals surface area (Å²) in [7, 11) is 0. The lowest BCUT2D eigenvalue weighted by molar-refractivity contribution is 0.188. The Balaban J connectivity index is 0.00000364. The smallest absolute Gasteiger partial charge is 0.191 e. The third kappa shape index (κ3) is 9.79. The standard InChI is InChI=1S/C21H43N5.HI/c1-4-7-14-26-17-11-20(12-18-26)24-21(22-5-2)23-13-8-19-9-15-25(6-3)16-10-19;/h19-20H,4-18H2,1-3H3,(H2,22,23,24);1H. The zero-order valence-electron chi connectivity index (χ0n) is 18.0. The van der Waals surface area contributed by atoms with Crippen molar-refractivity contribution in [2.45, 2.75) is 71.8 Å². The molecular formula is C21H44IN5. The monoisotopic (exact) mass is 493 g/mol. The Labute approximate surface area is 185 Å². The normalized spacial score (nSPS) is 21.1. The summed E-state index contributed by atoms with van der Waals surface area (Å²) in [5.41, 5.74) is 0. The second kappa shape index (κ2) is 14.9. The summed E-state index contributed by atoms with van der Waals surface area (Å²) in [5.74, 6) is 1.90. The number of aliphatic imine (C=N–C) groups is 1. The molecule has 2 saturated heterocycles. The molecule has 0 atom stereocenters. The molecule has 2 rings (SSSR count). The van der Waals surface area contributed by atoms with Crippen LogP contribution in [-0.2, 0) is 0 Å². The topological polar surface area (TPSA) is 42.9 Å². The van der Waals surface area contributed by atoms with Crippen LogP contribution in [0.1, 0.15) is 65.7 Å². The number of nitrogens with one attached hydrogen (secondary N) is 2. The molecule has 6 heteroatoms. The molecule has 0 spiro atoms. The predicted molar refractivity (Wildman–Crippen MR) is 128 cm³/mol. The van der Waals surface area contributed by atoms with E-state index in [4.69, 9.17) is 4.99 Å². The fourth-order valence-electron chi connectivity index (χ4n) is 4.15. The first-order valence-electron chi connectivity index (χ1n) is 11.2. The van der Waals surface area contributed by atoms with Gasteiger partial charge in [0.05, 0.1) is 0 Å². The molecule has 0 aromatic rings. The molecule has 2 aliphatic heterocycles. The number of likely N-dealkylation sites (tertiary alicyclic amines) is 2. The van der Waals surface area contributed by atoms with Crippen LogP contribution in [0, 0.1) is 5.92 Å². The summed E-state index contributed by atoms with van der Waals surface area (Å²) in [4.78, 5) is 10.1.